The Labute approximate surface area is 113 Å². The zero-order chi connectivity index (χ0) is 13.7. The van der Waals surface area contributed by atoms with Crippen LogP contribution in [0.25, 0.3) is 0 Å². The Morgan fingerprint density at radius 3 is 2.53 bits per heavy atom. The van der Waals surface area contributed by atoms with Gasteiger partial charge in [-0.3, -0.25) is 4.79 Å². The van der Waals surface area contributed by atoms with Gasteiger partial charge in [-0.05, 0) is 30.5 Å². The fourth-order valence-electron chi connectivity index (χ4n) is 2.32. The molecule has 0 aromatic heterocycles. The number of nitrogens with zero attached hydrogens (tertiary/aromatic N) is 2. The third kappa shape index (κ3) is 3.55. The number of ether oxygens (including phenoxy) is 1. The average molecular weight is 258 g/mol. The van der Waals surface area contributed by atoms with Crippen molar-refractivity contribution in [1.29, 1.82) is 5.26 Å². The number of likely N-dealkylation sites (tertiary alicyclic amines) is 1. The second-order valence-electron chi connectivity index (χ2n) is 4.80. The molecule has 4 heteroatoms. The van der Waals surface area contributed by atoms with Gasteiger partial charge in [0, 0.05) is 20.2 Å². The number of methoxy groups -OCH3 is 1. The summed E-state index contributed by atoms with van der Waals surface area (Å²) in [7, 11) is 1.72. The molecule has 1 heterocycles. The lowest BCUT2D eigenvalue weighted by molar-refractivity contribution is -0.132. The normalized spacial score (nSPS) is 16.1. The summed E-state index contributed by atoms with van der Waals surface area (Å²) in [6.45, 7) is 1.54. The van der Waals surface area contributed by atoms with Crippen LogP contribution in [0.5, 0.6) is 0 Å². The molecule has 0 atom stereocenters. The maximum atomic E-state index is 12.1. The van der Waals surface area contributed by atoms with Crippen LogP contribution in [0.1, 0.15) is 24.0 Å². The van der Waals surface area contributed by atoms with Crippen molar-refractivity contribution in [2.45, 2.75) is 25.4 Å². The molecule has 1 amide bonds. The molecule has 1 aromatic carbocycles. The van der Waals surface area contributed by atoms with E-state index < -0.39 is 0 Å². The molecule has 19 heavy (non-hydrogen) atoms. The number of hydrogen-bond donors (Lipinski definition) is 0. The minimum atomic E-state index is 0.152. The predicted octanol–water partition coefficient (Wildman–Crippen LogP) is 1.74. The summed E-state index contributed by atoms with van der Waals surface area (Å²) in [5.74, 6) is 0.152. The van der Waals surface area contributed by atoms with Crippen molar-refractivity contribution in [2.75, 3.05) is 20.2 Å². The van der Waals surface area contributed by atoms with Crippen molar-refractivity contribution in [3.8, 4) is 6.07 Å². The quantitative estimate of drug-likeness (QED) is 0.829. The Bertz CT molecular complexity index is 468. The fraction of sp³-hybridized carbons (Fsp3) is 0.467. The largest absolute Gasteiger partial charge is 0.381 e. The van der Waals surface area contributed by atoms with E-state index in [2.05, 4.69) is 6.07 Å². The van der Waals surface area contributed by atoms with E-state index in [9.17, 15) is 4.79 Å². The molecule has 1 aromatic rings. The minimum Gasteiger partial charge on any atom is -0.381 e. The van der Waals surface area contributed by atoms with Gasteiger partial charge in [-0.25, -0.2) is 0 Å². The van der Waals surface area contributed by atoms with Crippen LogP contribution in [0.2, 0.25) is 0 Å². The molecular formula is C15H18N2O2. The average Bonchev–Trinajstić information content (AvgIpc) is 2.48. The van der Waals surface area contributed by atoms with Crippen molar-refractivity contribution in [2.24, 2.45) is 0 Å². The Kier molecular flexibility index (Phi) is 4.53. The van der Waals surface area contributed by atoms with Crippen LogP contribution in [0.15, 0.2) is 24.3 Å². The first-order valence-electron chi connectivity index (χ1n) is 6.52. The second-order valence-corrected chi connectivity index (χ2v) is 4.80. The second kappa shape index (κ2) is 6.35. The number of carbonyl (C=O) groups is 1. The van der Waals surface area contributed by atoms with Crippen molar-refractivity contribution in [3.63, 3.8) is 0 Å². The van der Waals surface area contributed by atoms with E-state index in [4.69, 9.17) is 10.00 Å². The maximum Gasteiger partial charge on any atom is 0.226 e. The van der Waals surface area contributed by atoms with E-state index in [-0.39, 0.29) is 5.91 Å². The van der Waals surface area contributed by atoms with Crippen LogP contribution in [0.4, 0.5) is 0 Å². The van der Waals surface area contributed by atoms with Gasteiger partial charge in [0.25, 0.3) is 0 Å². The molecule has 0 bridgehead atoms. The molecule has 2 rings (SSSR count). The van der Waals surface area contributed by atoms with E-state index in [1.165, 1.54) is 0 Å². The summed E-state index contributed by atoms with van der Waals surface area (Å²) >= 11 is 0. The molecule has 1 fully saturated rings. The maximum absolute atomic E-state index is 12.1. The molecule has 1 aliphatic rings. The number of rotatable bonds is 3. The van der Waals surface area contributed by atoms with Crippen LogP contribution < -0.4 is 0 Å². The summed E-state index contributed by atoms with van der Waals surface area (Å²) in [6.07, 6.45) is 2.52. The number of amides is 1. The highest BCUT2D eigenvalue weighted by atomic mass is 16.5. The first-order chi connectivity index (χ1) is 9.22. The van der Waals surface area contributed by atoms with Crippen molar-refractivity contribution < 1.29 is 9.53 Å². The van der Waals surface area contributed by atoms with Crippen LogP contribution in [0, 0.1) is 11.3 Å². The lowest BCUT2D eigenvalue weighted by atomic mass is 10.1. The van der Waals surface area contributed by atoms with Crippen molar-refractivity contribution in [1.82, 2.24) is 4.90 Å². The van der Waals surface area contributed by atoms with Gasteiger partial charge in [-0.15, -0.1) is 0 Å². The predicted molar refractivity (Wildman–Crippen MR) is 71.5 cm³/mol. The summed E-state index contributed by atoms with van der Waals surface area (Å²) < 4.78 is 5.29. The van der Waals surface area contributed by atoms with Gasteiger partial charge in [0.1, 0.15) is 0 Å². The molecule has 100 valence electrons. The fourth-order valence-corrected chi connectivity index (χ4v) is 2.32. The van der Waals surface area contributed by atoms with Crippen LogP contribution in [0.3, 0.4) is 0 Å². The molecule has 0 aliphatic carbocycles. The molecule has 4 nitrogen and oxygen atoms in total. The van der Waals surface area contributed by atoms with E-state index in [0.29, 0.717) is 18.1 Å². The Morgan fingerprint density at radius 2 is 2.00 bits per heavy atom. The first-order valence-corrected chi connectivity index (χ1v) is 6.52. The van der Waals surface area contributed by atoms with E-state index >= 15 is 0 Å². The zero-order valence-corrected chi connectivity index (χ0v) is 11.1. The number of carbonyl (C=O) groups excluding carboxylic acids is 1. The van der Waals surface area contributed by atoms with E-state index in [0.717, 1.165) is 31.5 Å². The smallest absolute Gasteiger partial charge is 0.226 e. The van der Waals surface area contributed by atoms with Crippen LogP contribution in [-0.4, -0.2) is 37.1 Å². The summed E-state index contributed by atoms with van der Waals surface area (Å²) in [5, 5.41) is 8.73. The highest BCUT2D eigenvalue weighted by Gasteiger charge is 2.22. The summed E-state index contributed by atoms with van der Waals surface area (Å²) in [4.78, 5) is 14.0. The van der Waals surface area contributed by atoms with Gasteiger partial charge < -0.3 is 9.64 Å². The van der Waals surface area contributed by atoms with Gasteiger partial charge >= 0.3 is 0 Å². The van der Waals surface area contributed by atoms with Crippen LogP contribution in [-0.2, 0) is 16.0 Å². The van der Waals surface area contributed by atoms with Gasteiger partial charge in [-0.1, -0.05) is 12.1 Å². The van der Waals surface area contributed by atoms with Crippen molar-refractivity contribution >= 4 is 5.91 Å². The molecule has 1 aliphatic heterocycles. The Hall–Kier alpha value is -1.86. The molecule has 0 N–H and O–H groups in total. The molecular weight excluding hydrogens is 240 g/mol. The number of nitriles is 1. The van der Waals surface area contributed by atoms with Gasteiger partial charge in [0.15, 0.2) is 0 Å². The Balaban J connectivity index is 1.89. The highest BCUT2D eigenvalue weighted by molar-refractivity contribution is 5.78. The summed E-state index contributed by atoms with van der Waals surface area (Å²) in [5.41, 5.74) is 1.58. The topological polar surface area (TPSA) is 53.3 Å². The van der Waals surface area contributed by atoms with E-state index in [1.807, 2.05) is 17.0 Å². The Morgan fingerprint density at radius 1 is 1.37 bits per heavy atom. The molecule has 0 saturated carbocycles. The zero-order valence-electron chi connectivity index (χ0n) is 11.1. The molecule has 1 saturated heterocycles. The lowest BCUT2D eigenvalue weighted by Crippen LogP contribution is -2.41. The molecule has 0 radical (unpaired) electrons. The standard InChI is InChI=1S/C15H18N2O2/c1-19-14-6-8-17(9-7-14)15(18)10-12-2-4-13(11-16)5-3-12/h2-5,14H,6-10H2,1H3. The highest BCUT2D eigenvalue weighted by Crippen LogP contribution is 2.14. The summed E-state index contributed by atoms with van der Waals surface area (Å²) in [6, 6.07) is 9.26. The van der Waals surface area contributed by atoms with Gasteiger partial charge in [0.2, 0.25) is 5.91 Å². The number of piperidine rings is 1. The number of benzene rings is 1. The van der Waals surface area contributed by atoms with Crippen molar-refractivity contribution in [3.05, 3.63) is 35.4 Å². The minimum absolute atomic E-state index is 0.152. The molecule has 0 spiro atoms. The third-order valence-electron chi connectivity index (χ3n) is 3.57. The monoisotopic (exact) mass is 258 g/mol. The van der Waals surface area contributed by atoms with E-state index in [1.54, 1.807) is 19.2 Å². The third-order valence-corrected chi connectivity index (χ3v) is 3.57. The first kappa shape index (κ1) is 13.6. The lowest BCUT2D eigenvalue weighted by Gasteiger charge is -2.31. The van der Waals surface area contributed by atoms with Crippen LogP contribution >= 0.6 is 0 Å². The molecule has 0 unspecified atom stereocenters. The SMILES string of the molecule is COC1CCN(C(=O)Cc2ccc(C#N)cc2)CC1. The van der Waals surface area contributed by atoms with Gasteiger partial charge in [0.05, 0.1) is 24.2 Å². The van der Waals surface area contributed by atoms with Gasteiger partial charge in [-0.2, -0.15) is 5.26 Å². The number of hydrogen-bond acceptors (Lipinski definition) is 3.